The Balaban J connectivity index is 1.92. The van der Waals surface area contributed by atoms with Gasteiger partial charge >= 0.3 is 11.8 Å². The van der Waals surface area contributed by atoms with Gasteiger partial charge in [-0.3, -0.25) is 9.59 Å². The fourth-order valence-corrected chi connectivity index (χ4v) is 2.51. The Labute approximate surface area is 127 Å². The molecule has 21 heavy (non-hydrogen) atoms. The van der Waals surface area contributed by atoms with Gasteiger partial charge in [-0.25, -0.2) is 4.98 Å². The van der Waals surface area contributed by atoms with Crippen molar-refractivity contribution in [2.75, 3.05) is 0 Å². The molecule has 110 valence electrons. The molecule has 0 spiro atoms. The number of carbonyl (C=O) groups is 2. The summed E-state index contributed by atoms with van der Waals surface area (Å²) in [6.45, 7) is 3.85. The lowest BCUT2D eigenvalue weighted by atomic mass is 10.2. The lowest BCUT2D eigenvalue weighted by Gasteiger charge is -2.07. The second kappa shape index (κ2) is 6.99. The first kappa shape index (κ1) is 15.2. The molecule has 0 radical (unpaired) electrons. The third-order valence-electron chi connectivity index (χ3n) is 2.63. The molecule has 1 aromatic carbocycles. The van der Waals surface area contributed by atoms with Gasteiger partial charge < -0.3 is 10.6 Å². The molecule has 1 heterocycles. The van der Waals surface area contributed by atoms with Crippen molar-refractivity contribution < 1.29 is 9.59 Å². The van der Waals surface area contributed by atoms with Crippen molar-refractivity contribution in [3.63, 3.8) is 0 Å². The van der Waals surface area contributed by atoms with Gasteiger partial charge in [0.2, 0.25) is 0 Å². The van der Waals surface area contributed by atoms with E-state index in [1.54, 1.807) is 13.8 Å². The van der Waals surface area contributed by atoms with Crippen molar-refractivity contribution in [2.45, 2.75) is 26.4 Å². The lowest BCUT2D eigenvalue weighted by Crippen LogP contribution is -2.42. The summed E-state index contributed by atoms with van der Waals surface area (Å²) in [5.74, 6) is -1.26. The summed E-state index contributed by atoms with van der Waals surface area (Å²) in [7, 11) is 0. The zero-order valence-corrected chi connectivity index (χ0v) is 12.7. The Hall–Kier alpha value is -2.21. The molecule has 0 saturated carbocycles. The van der Waals surface area contributed by atoms with Crippen LogP contribution in [0, 0.1) is 0 Å². The molecule has 0 aliphatic carbocycles. The molecule has 0 aliphatic heterocycles. The maximum absolute atomic E-state index is 11.6. The molecule has 0 bridgehead atoms. The van der Waals surface area contributed by atoms with Crippen LogP contribution in [0.1, 0.15) is 19.5 Å². The normalized spacial score (nSPS) is 10.4. The predicted molar refractivity (Wildman–Crippen MR) is 82.7 cm³/mol. The summed E-state index contributed by atoms with van der Waals surface area (Å²) >= 11 is 1.51. The number of benzene rings is 1. The van der Waals surface area contributed by atoms with Crippen LogP contribution < -0.4 is 10.6 Å². The predicted octanol–water partition coefficient (Wildman–Crippen LogP) is 1.95. The minimum absolute atomic E-state index is 0.0628. The van der Waals surface area contributed by atoms with Gasteiger partial charge in [-0.2, -0.15) is 0 Å². The SMILES string of the molecule is CC(C)NC(=O)C(=O)NCc1csc(-c2ccccc2)n1. The average Bonchev–Trinajstić information content (AvgIpc) is 2.94. The van der Waals surface area contributed by atoms with Crippen LogP contribution in [0.25, 0.3) is 10.6 Å². The molecule has 0 fully saturated rings. The van der Waals surface area contributed by atoms with Crippen molar-refractivity contribution in [1.29, 1.82) is 0 Å². The van der Waals surface area contributed by atoms with Gasteiger partial charge in [0.1, 0.15) is 5.01 Å². The van der Waals surface area contributed by atoms with Crippen LogP contribution in [0.4, 0.5) is 0 Å². The molecule has 2 N–H and O–H groups in total. The first-order valence-corrected chi connectivity index (χ1v) is 7.52. The maximum Gasteiger partial charge on any atom is 0.309 e. The molecule has 1 aromatic heterocycles. The number of nitrogens with one attached hydrogen (secondary N) is 2. The van der Waals surface area contributed by atoms with E-state index in [0.717, 1.165) is 16.3 Å². The molecule has 2 rings (SSSR count). The maximum atomic E-state index is 11.6. The first-order chi connectivity index (χ1) is 10.1. The number of carbonyl (C=O) groups excluding carboxylic acids is 2. The topological polar surface area (TPSA) is 71.1 Å². The highest BCUT2D eigenvalue weighted by Gasteiger charge is 2.14. The number of nitrogens with zero attached hydrogens (tertiary/aromatic N) is 1. The molecule has 2 amide bonds. The van der Waals surface area contributed by atoms with Gasteiger partial charge in [-0.1, -0.05) is 30.3 Å². The summed E-state index contributed by atoms with van der Waals surface area (Å²) in [5, 5.41) is 7.88. The van der Waals surface area contributed by atoms with E-state index in [1.807, 2.05) is 35.7 Å². The highest BCUT2D eigenvalue weighted by atomic mass is 32.1. The fraction of sp³-hybridized carbons (Fsp3) is 0.267. The third kappa shape index (κ3) is 4.39. The number of hydrogen-bond donors (Lipinski definition) is 2. The van der Waals surface area contributed by atoms with Crippen molar-refractivity contribution in [2.24, 2.45) is 0 Å². The summed E-state index contributed by atoms with van der Waals surface area (Å²) in [6.07, 6.45) is 0. The Morgan fingerprint density at radius 3 is 2.57 bits per heavy atom. The molecule has 0 saturated heterocycles. The zero-order chi connectivity index (χ0) is 15.2. The van der Waals surface area contributed by atoms with E-state index in [2.05, 4.69) is 15.6 Å². The van der Waals surface area contributed by atoms with Crippen LogP contribution >= 0.6 is 11.3 Å². The summed E-state index contributed by atoms with van der Waals surface area (Å²) in [4.78, 5) is 27.5. The van der Waals surface area contributed by atoms with Crippen molar-refractivity contribution in [1.82, 2.24) is 15.6 Å². The zero-order valence-electron chi connectivity index (χ0n) is 11.9. The standard InChI is InChI=1S/C15H17N3O2S/c1-10(2)17-14(20)13(19)16-8-12-9-21-15(18-12)11-6-4-3-5-7-11/h3-7,9-10H,8H2,1-2H3,(H,16,19)(H,17,20). The van der Waals surface area contributed by atoms with E-state index in [4.69, 9.17) is 0 Å². The smallest absolute Gasteiger partial charge is 0.309 e. The van der Waals surface area contributed by atoms with Crippen LogP contribution in [0.3, 0.4) is 0 Å². The minimum Gasteiger partial charge on any atom is -0.346 e. The van der Waals surface area contributed by atoms with Gasteiger partial charge in [0.05, 0.1) is 12.2 Å². The Morgan fingerprint density at radius 2 is 1.90 bits per heavy atom. The average molecular weight is 303 g/mol. The van der Waals surface area contributed by atoms with Gasteiger partial charge in [0.15, 0.2) is 0 Å². The highest BCUT2D eigenvalue weighted by molar-refractivity contribution is 7.13. The second-order valence-corrected chi connectivity index (χ2v) is 5.68. The van der Waals surface area contributed by atoms with Crippen LogP contribution in [0.2, 0.25) is 0 Å². The van der Waals surface area contributed by atoms with Crippen LogP contribution in [0.15, 0.2) is 35.7 Å². The van der Waals surface area contributed by atoms with E-state index < -0.39 is 11.8 Å². The van der Waals surface area contributed by atoms with E-state index >= 15 is 0 Å². The van der Waals surface area contributed by atoms with Crippen molar-refractivity contribution in [3.05, 3.63) is 41.4 Å². The Morgan fingerprint density at radius 1 is 1.19 bits per heavy atom. The molecule has 2 aromatic rings. The van der Waals surface area contributed by atoms with Gasteiger partial charge in [-0.15, -0.1) is 11.3 Å². The van der Waals surface area contributed by atoms with Crippen LogP contribution in [-0.4, -0.2) is 22.8 Å². The molecule has 0 atom stereocenters. The van der Waals surface area contributed by atoms with E-state index in [1.165, 1.54) is 11.3 Å². The number of amides is 2. The van der Waals surface area contributed by atoms with Crippen molar-refractivity contribution in [3.8, 4) is 10.6 Å². The number of rotatable bonds is 4. The number of thiazole rings is 1. The molecule has 5 nitrogen and oxygen atoms in total. The Kier molecular flexibility index (Phi) is 5.05. The minimum atomic E-state index is -0.641. The molecule has 6 heteroatoms. The fourth-order valence-electron chi connectivity index (χ4n) is 1.68. The molecular formula is C15H17N3O2S. The van der Waals surface area contributed by atoms with Gasteiger partial charge in [0.25, 0.3) is 0 Å². The Bertz CT molecular complexity index is 623. The first-order valence-electron chi connectivity index (χ1n) is 6.65. The summed E-state index contributed by atoms with van der Waals surface area (Å²) in [5.41, 5.74) is 1.78. The lowest BCUT2D eigenvalue weighted by molar-refractivity contribution is -0.139. The van der Waals surface area contributed by atoms with E-state index in [0.29, 0.717) is 0 Å². The van der Waals surface area contributed by atoms with Crippen LogP contribution in [-0.2, 0) is 16.1 Å². The monoisotopic (exact) mass is 303 g/mol. The third-order valence-corrected chi connectivity index (χ3v) is 3.57. The quantitative estimate of drug-likeness (QED) is 0.848. The van der Waals surface area contributed by atoms with Crippen molar-refractivity contribution >= 4 is 23.2 Å². The van der Waals surface area contributed by atoms with Crippen LogP contribution in [0.5, 0.6) is 0 Å². The highest BCUT2D eigenvalue weighted by Crippen LogP contribution is 2.22. The van der Waals surface area contributed by atoms with Gasteiger partial charge in [-0.05, 0) is 13.8 Å². The summed E-state index contributed by atoms with van der Waals surface area (Å²) < 4.78 is 0. The second-order valence-electron chi connectivity index (χ2n) is 4.82. The largest absolute Gasteiger partial charge is 0.346 e. The number of aromatic nitrogens is 1. The van der Waals surface area contributed by atoms with Gasteiger partial charge in [0, 0.05) is 17.0 Å². The van der Waals surface area contributed by atoms with E-state index in [-0.39, 0.29) is 12.6 Å². The summed E-state index contributed by atoms with van der Waals surface area (Å²) in [6, 6.07) is 9.76. The molecular weight excluding hydrogens is 286 g/mol. The molecule has 0 unspecified atom stereocenters. The molecule has 0 aliphatic rings. The number of hydrogen-bond acceptors (Lipinski definition) is 4. The van der Waals surface area contributed by atoms with E-state index in [9.17, 15) is 9.59 Å².